The summed E-state index contributed by atoms with van der Waals surface area (Å²) in [6.07, 6.45) is 11.8. The van der Waals surface area contributed by atoms with Crippen LogP contribution in [-0.2, 0) is 9.59 Å². The molecule has 4 unspecified atom stereocenters. The molecule has 2 saturated heterocycles. The second-order valence-corrected chi connectivity index (χ2v) is 9.55. The summed E-state index contributed by atoms with van der Waals surface area (Å²) in [4.78, 5) is 30.8. The highest BCUT2D eigenvalue weighted by Crippen LogP contribution is 2.40. The molecule has 0 spiro atoms. The number of fused-ring (bicyclic) bond motifs is 2. The molecule has 148 valence electrons. The smallest absolute Gasteiger partial charge is 0.231 e. The van der Waals surface area contributed by atoms with E-state index in [4.69, 9.17) is 24.4 Å². The zero-order valence-electron chi connectivity index (χ0n) is 16.0. The summed E-state index contributed by atoms with van der Waals surface area (Å²) in [5.74, 6) is 1.51. The summed E-state index contributed by atoms with van der Waals surface area (Å²) in [5.41, 5.74) is 0. The lowest BCUT2D eigenvalue weighted by Crippen LogP contribution is -2.32. The van der Waals surface area contributed by atoms with Gasteiger partial charge in [0.25, 0.3) is 0 Å². The first kappa shape index (κ1) is 19.4. The summed E-state index contributed by atoms with van der Waals surface area (Å²) in [6, 6.07) is 0. The molecule has 0 bridgehead atoms. The second kappa shape index (κ2) is 8.24. The average Bonchev–Trinajstić information content (AvgIpc) is 3.08. The molecule has 4 atom stereocenters. The molecule has 2 aliphatic heterocycles. The molecular weight excluding hydrogens is 376 g/mol. The minimum absolute atomic E-state index is 0.161. The number of hydrogen-bond donors (Lipinski definition) is 0. The van der Waals surface area contributed by atoms with Crippen molar-refractivity contribution in [3.63, 3.8) is 0 Å². The molecule has 4 fully saturated rings. The van der Waals surface area contributed by atoms with Gasteiger partial charge in [-0.1, -0.05) is 50.1 Å². The number of amides is 2. The SMILES string of the molecule is O=C1C2CCCCC2C(=S)N1CCCCCN1C(=O)C2CCCCC2C1=S. The number of carbonyl (C=O) groups is 2. The van der Waals surface area contributed by atoms with Gasteiger partial charge < -0.3 is 9.80 Å². The Balaban J connectivity index is 1.22. The van der Waals surface area contributed by atoms with E-state index in [1.54, 1.807) is 0 Å². The molecule has 0 aromatic rings. The molecule has 27 heavy (non-hydrogen) atoms. The highest BCUT2D eigenvalue weighted by molar-refractivity contribution is 7.80. The molecule has 0 radical (unpaired) electrons. The van der Waals surface area contributed by atoms with Crippen molar-refractivity contribution in [1.82, 2.24) is 9.80 Å². The normalized spacial score (nSPS) is 33.6. The molecule has 2 heterocycles. The van der Waals surface area contributed by atoms with E-state index >= 15 is 0 Å². The fourth-order valence-corrected chi connectivity index (χ4v) is 6.55. The lowest BCUT2D eigenvalue weighted by atomic mass is 9.81. The molecule has 4 rings (SSSR count). The number of nitrogens with zero attached hydrogens (tertiary/aromatic N) is 2. The van der Waals surface area contributed by atoms with Gasteiger partial charge in [0.05, 0.1) is 9.98 Å². The maximum absolute atomic E-state index is 12.6. The standard InChI is InChI=1S/C21H30N2O2S2/c24-18-14-8-2-4-10-16(14)20(26)22(18)12-6-1-7-13-23-19(25)15-9-3-5-11-17(15)21(23)27/h14-17H,1-13H2. The third kappa shape index (κ3) is 3.59. The fourth-order valence-electron chi connectivity index (χ4n) is 5.62. The number of rotatable bonds is 6. The average molecular weight is 407 g/mol. The molecule has 2 amide bonds. The first-order chi connectivity index (χ1) is 13.1. The van der Waals surface area contributed by atoms with Crippen LogP contribution in [0.3, 0.4) is 0 Å². The Labute approximate surface area is 173 Å². The predicted molar refractivity (Wildman–Crippen MR) is 113 cm³/mol. The van der Waals surface area contributed by atoms with Gasteiger partial charge in [-0.05, 0) is 44.9 Å². The molecule has 4 nitrogen and oxygen atoms in total. The zero-order chi connectivity index (χ0) is 19.0. The van der Waals surface area contributed by atoms with Crippen LogP contribution in [0.15, 0.2) is 0 Å². The van der Waals surface area contributed by atoms with Gasteiger partial charge in [-0.25, -0.2) is 0 Å². The minimum Gasteiger partial charge on any atom is -0.306 e. The van der Waals surface area contributed by atoms with Gasteiger partial charge in [0, 0.05) is 36.8 Å². The molecule has 2 saturated carbocycles. The van der Waals surface area contributed by atoms with Crippen molar-refractivity contribution in [3.8, 4) is 0 Å². The van der Waals surface area contributed by atoms with E-state index in [1.807, 2.05) is 9.80 Å². The van der Waals surface area contributed by atoms with E-state index in [2.05, 4.69) is 0 Å². The molecule has 2 aliphatic carbocycles. The number of likely N-dealkylation sites (tertiary alicyclic amines) is 2. The van der Waals surface area contributed by atoms with Crippen LogP contribution < -0.4 is 0 Å². The fraction of sp³-hybridized carbons (Fsp3) is 0.810. The van der Waals surface area contributed by atoms with Crippen LogP contribution in [0.2, 0.25) is 0 Å². The first-order valence-corrected chi connectivity index (χ1v) is 11.6. The summed E-state index contributed by atoms with van der Waals surface area (Å²) >= 11 is 11.2. The van der Waals surface area contributed by atoms with Crippen LogP contribution in [0.1, 0.15) is 70.6 Å². The van der Waals surface area contributed by atoms with Crippen molar-refractivity contribution in [1.29, 1.82) is 0 Å². The van der Waals surface area contributed by atoms with Gasteiger partial charge in [-0.2, -0.15) is 0 Å². The minimum atomic E-state index is 0.161. The van der Waals surface area contributed by atoms with Crippen molar-refractivity contribution < 1.29 is 9.59 Å². The van der Waals surface area contributed by atoms with E-state index < -0.39 is 0 Å². The van der Waals surface area contributed by atoms with Crippen molar-refractivity contribution in [2.75, 3.05) is 13.1 Å². The number of hydrogen-bond acceptors (Lipinski definition) is 4. The van der Waals surface area contributed by atoms with Crippen LogP contribution >= 0.6 is 24.4 Å². The van der Waals surface area contributed by atoms with Crippen molar-refractivity contribution in [2.24, 2.45) is 23.7 Å². The predicted octanol–water partition coefficient (Wildman–Crippen LogP) is 4.11. The highest BCUT2D eigenvalue weighted by atomic mass is 32.1. The molecule has 0 aromatic carbocycles. The van der Waals surface area contributed by atoms with Gasteiger partial charge in [0.2, 0.25) is 11.8 Å². The lowest BCUT2D eigenvalue weighted by molar-refractivity contribution is -0.131. The van der Waals surface area contributed by atoms with Crippen LogP contribution in [0.5, 0.6) is 0 Å². The maximum atomic E-state index is 12.6. The third-order valence-electron chi connectivity index (χ3n) is 7.13. The summed E-state index contributed by atoms with van der Waals surface area (Å²) in [7, 11) is 0. The van der Waals surface area contributed by atoms with Gasteiger partial charge in [-0.15, -0.1) is 0 Å². The summed E-state index contributed by atoms with van der Waals surface area (Å²) < 4.78 is 0. The highest BCUT2D eigenvalue weighted by Gasteiger charge is 2.46. The summed E-state index contributed by atoms with van der Waals surface area (Å²) in [6.45, 7) is 1.49. The number of unbranched alkanes of at least 4 members (excludes halogenated alkanes) is 2. The van der Waals surface area contributed by atoms with Gasteiger partial charge in [0.15, 0.2) is 0 Å². The largest absolute Gasteiger partial charge is 0.306 e. The van der Waals surface area contributed by atoms with Crippen LogP contribution in [-0.4, -0.2) is 44.7 Å². The van der Waals surface area contributed by atoms with Crippen molar-refractivity contribution in [3.05, 3.63) is 0 Å². The monoisotopic (exact) mass is 406 g/mol. The number of thiocarbonyl (C=S) groups is 2. The van der Waals surface area contributed by atoms with E-state index in [1.165, 1.54) is 12.8 Å². The Bertz CT molecular complexity index is 548. The molecule has 4 aliphatic rings. The van der Waals surface area contributed by atoms with Gasteiger partial charge in [0.1, 0.15) is 0 Å². The second-order valence-electron chi connectivity index (χ2n) is 8.71. The van der Waals surface area contributed by atoms with Gasteiger partial charge >= 0.3 is 0 Å². The van der Waals surface area contributed by atoms with E-state index in [0.717, 1.165) is 80.9 Å². The summed E-state index contributed by atoms with van der Waals surface area (Å²) in [5, 5.41) is 0. The van der Waals surface area contributed by atoms with Crippen LogP contribution in [0.25, 0.3) is 0 Å². The Kier molecular flexibility index (Phi) is 5.93. The third-order valence-corrected chi connectivity index (χ3v) is 8.17. The molecule has 6 heteroatoms. The molecular formula is C21H30N2O2S2. The van der Waals surface area contributed by atoms with E-state index in [-0.39, 0.29) is 23.7 Å². The zero-order valence-corrected chi connectivity index (χ0v) is 17.7. The number of carbonyl (C=O) groups excluding carboxylic acids is 2. The Morgan fingerprint density at radius 2 is 1.00 bits per heavy atom. The molecule has 0 aromatic heterocycles. The van der Waals surface area contributed by atoms with Crippen LogP contribution in [0.4, 0.5) is 0 Å². The molecule has 0 N–H and O–H groups in total. The maximum Gasteiger partial charge on any atom is 0.231 e. The quantitative estimate of drug-likeness (QED) is 0.492. The van der Waals surface area contributed by atoms with Crippen molar-refractivity contribution >= 4 is 46.2 Å². The topological polar surface area (TPSA) is 40.6 Å². The van der Waals surface area contributed by atoms with E-state index in [0.29, 0.717) is 11.8 Å². The van der Waals surface area contributed by atoms with Crippen LogP contribution in [0, 0.1) is 23.7 Å². The van der Waals surface area contributed by atoms with E-state index in [9.17, 15) is 9.59 Å². The Morgan fingerprint density at radius 1 is 0.630 bits per heavy atom. The first-order valence-electron chi connectivity index (χ1n) is 10.8. The van der Waals surface area contributed by atoms with Gasteiger partial charge in [-0.3, -0.25) is 9.59 Å². The lowest BCUT2D eigenvalue weighted by Gasteiger charge is -2.21. The Morgan fingerprint density at radius 3 is 1.37 bits per heavy atom. The Hall–Kier alpha value is -0.880. The van der Waals surface area contributed by atoms with Crippen molar-refractivity contribution in [2.45, 2.75) is 70.6 Å².